The molecule has 6 heteroatoms. The average molecular weight is 385 g/mol. The molecule has 0 radical (unpaired) electrons. The third-order valence-corrected chi connectivity index (χ3v) is 3.50. The van der Waals surface area contributed by atoms with Crippen molar-refractivity contribution >= 4 is 40.2 Å². The number of hydrogen-bond donors (Lipinski definition) is 1. The van der Waals surface area contributed by atoms with Crippen LogP contribution in [0.15, 0.2) is 41.0 Å². The Morgan fingerprint density at radius 3 is 2.70 bits per heavy atom. The predicted molar refractivity (Wildman–Crippen MR) is 81.5 cm³/mol. The largest absolute Gasteiger partial charge is 0.469 e. The van der Waals surface area contributed by atoms with Crippen LogP contribution < -0.4 is 5.32 Å². The molecule has 2 rings (SSSR count). The molecule has 0 fully saturated rings. The van der Waals surface area contributed by atoms with Crippen LogP contribution in [0.25, 0.3) is 0 Å². The molecule has 1 N–H and O–H groups in total. The minimum atomic E-state index is -0.575. The summed E-state index contributed by atoms with van der Waals surface area (Å²) in [5.74, 6) is -0.495. The molecular formula is C14H12INO4. The molecule has 0 atom stereocenters. The molecule has 1 aromatic heterocycles. The topological polar surface area (TPSA) is 68.5 Å². The highest BCUT2D eigenvalue weighted by Gasteiger charge is 2.14. The Morgan fingerprint density at radius 1 is 1.30 bits per heavy atom. The van der Waals surface area contributed by atoms with E-state index >= 15 is 0 Å². The van der Waals surface area contributed by atoms with E-state index < -0.39 is 5.97 Å². The van der Waals surface area contributed by atoms with Crippen molar-refractivity contribution in [1.29, 1.82) is 0 Å². The van der Waals surface area contributed by atoms with E-state index in [9.17, 15) is 9.59 Å². The van der Waals surface area contributed by atoms with E-state index in [1.54, 1.807) is 13.0 Å². The fraction of sp³-hybridized carbons (Fsp3) is 0.143. The molecule has 0 bridgehead atoms. The summed E-state index contributed by atoms with van der Waals surface area (Å²) in [4.78, 5) is 23.4. The molecule has 0 unspecified atom stereocenters. The van der Waals surface area contributed by atoms with E-state index in [1.165, 1.54) is 12.3 Å². The number of amides is 1. The van der Waals surface area contributed by atoms with Crippen LogP contribution in [0.5, 0.6) is 0 Å². The summed E-state index contributed by atoms with van der Waals surface area (Å²) in [6, 6.07) is 8.85. The minimum Gasteiger partial charge on any atom is -0.469 e. The van der Waals surface area contributed by atoms with Crippen molar-refractivity contribution in [3.05, 3.63) is 51.5 Å². The quantitative estimate of drug-likeness (QED) is 0.649. The summed E-state index contributed by atoms with van der Waals surface area (Å²) in [5.41, 5.74) is 1.01. The molecule has 0 aliphatic rings. The van der Waals surface area contributed by atoms with Crippen molar-refractivity contribution in [2.45, 2.75) is 6.92 Å². The van der Waals surface area contributed by atoms with Crippen molar-refractivity contribution < 1.29 is 18.7 Å². The fourth-order valence-electron chi connectivity index (χ4n) is 1.55. The lowest BCUT2D eigenvalue weighted by Crippen LogP contribution is -2.21. The van der Waals surface area contributed by atoms with Crippen LogP contribution in [0.4, 0.5) is 5.69 Å². The van der Waals surface area contributed by atoms with Crippen LogP contribution in [0.3, 0.4) is 0 Å². The molecule has 0 saturated heterocycles. The zero-order valence-corrected chi connectivity index (χ0v) is 12.8. The molecule has 0 spiro atoms. The number of benzene rings is 1. The maximum Gasteiger partial charge on any atom is 0.342 e. The first-order valence-electron chi connectivity index (χ1n) is 5.83. The van der Waals surface area contributed by atoms with E-state index in [0.717, 1.165) is 3.57 Å². The SMILES string of the molecule is Cc1occc1C(=O)OCC(=O)Nc1ccccc1I. The number of rotatable bonds is 4. The first-order chi connectivity index (χ1) is 9.58. The summed E-state index contributed by atoms with van der Waals surface area (Å²) in [6.45, 7) is 1.32. The van der Waals surface area contributed by atoms with Crippen molar-refractivity contribution in [3.8, 4) is 0 Å². The second kappa shape index (κ2) is 6.56. The van der Waals surface area contributed by atoms with Gasteiger partial charge in [-0.15, -0.1) is 0 Å². The van der Waals surface area contributed by atoms with E-state index in [1.807, 2.05) is 18.2 Å². The molecule has 0 saturated carbocycles. The van der Waals surface area contributed by atoms with E-state index in [-0.39, 0.29) is 12.5 Å². The van der Waals surface area contributed by atoms with E-state index in [2.05, 4.69) is 27.9 Å². The van der Waals surface area contributed by atoms with Crippen LogP contribution in [0.2, 0.25) is 0 Å². The summed E-state index contributed by atoms with van der Waals surface area (Å²) in [6.07, 6.45) is 1.40. The number of carbonyl (C=O) groups is 2. The third kappa shape index (κ3) is 3.60. The van der Waals surface area contributed by atoms with Gasteiger partial charge in [-0.1, -0.05) is 12.1 Å². The van der Waals surface area contributed by atoms with Crippen molar-refractivity contribution in [2.75, 3.05) is 11.9 Å². The Bertz CT molecular complexity index is 636. The normalized spacial score (nSPS) is 10.1. The number of ether oxygens (including phenoxy) is 1. The number of furan rings is 1. The predicted octanol–water partition coefficient (Wildman–Crippen LogP) is 2.99. The van der Waals surface area contributed by atoms with Gasteiger partial charge in [0.2, 0.25) is 0 Å². The van der Waals surface area contributed by atoms with Crippen molar-refractivity contribution in [2.24, 2.45) is 0 Å². The number of para-hydroxylation sites is 1. The van der Waals surface area contributed by atoms with Crippen molar-refractivity contribution in [1.82, 2.24) is 0 Å². The Morgan fingerprint density at radius 2 is 2.05 bits per heavy atom. The lowest BCUT2D eigenvalue weighted by atomic mass is 10.3. The fourth-order valence-corrected chi connectivity index (χ4v) is 2.08. The monoisotopic (exact) mass is 385 g/mol. The first kappa shape index (κ1) is 14.6. The minimum absolute atomic E-state index is 0.326. The van der Waals surface area contributed by atoms with E-state index in [0.29, 0.717) is 17.0 Å². The van der Waals surface area contributed by atoms with Crippen LogP contribution >= 0.6 is 22.6 Å². The molecule has 2 aromatic rings. The molecular weight excluding hydrogens is 373 g/mol. The van der Waals surface area contributed by atoms with Crippen LogP contribution in [-0.4, -0.2) is 18.5 Å². The number of aryl methyl sites for hydroxylation is 1. The Hall–Kier alpha value is -1.83. The highest BCUT2D eigenvalue weighted by Crippen LogP contribution is 2.16. The van der Waals surface area contributed by atoms with Gasteiger partial charge >= 0.3 is 5.97 Å². The molecule has 20 heavy (non-hydrogen) atoms. The summed E-state index contributed by atoms with van der Waals surface area (Å²) in [7, 11) is 0. The highest BCUT2D eigenvalue weighted by atomic mass is 127. The van der Waals surface area contributed by atoms with Gasteiger partial charge in [0.25, 0.3) is 5.91 Å². The molecule has 0 aliphatic heterocycles. The average Bonchev–Trinajstić information content (AvgIpc) is 2.85. The number of esters is 1. The van der Waals surface area contributed by atoms with Gasteiger partial charge in [0.15, 0.2) is 6.61 Å². The molecule has 5 nitrogen and oxygen atoms in total. The zero-order valence-electron chi connectivity index (χ0n) is 10.7. The number of carbonyl (C=O) groups excluding carboxylic acids is 2. The summed E-state index contributed by atoms with van der Waals surface area (Å²) in [5, 5.41) is 2.68. The number of anilines is 1. The van der Waals surface area contributed by atoms with Crippen molar-refractivity contribution in [3.63, 3.8) is 0 Å². The van der Waals surface area contributed by atoms with Gasteiger partial charge in [-0.3, -0.25) is 4.79 Å². The Labute approximate surface area is 129 Å². The van der Waals surface area contributed by atoms with Gasteiger partial charge in [-0.2, -0.15) is 0 Å². The molecule has 1 aromatic carbocycles. The lowest BCUT2D eigenvalue weighted by molar-refractivity contribution is -0.119. The van der Waals surface area contributed by atoms with Gasteiger partial charge in [-0.25, -0.2) is 4.79 Å². The first-order valence-corrected chi connectivity index (χ1v) is 6.91. The van der Waals surface area contributed by atoms with Crippen LogP contribution in [-0.2, 0) is 9.53 Å². The molecule has 1 amide bonds. The van der Waals surface area contributed by atoms with Gasteiger partial charge < -0.3 is 14.5 Å². The molecule has 104 valence electrons. The van der Waals surface area contributed by atoms with Gasteiger partial charge in [0.1, 0.15) is 11.3 Å². The number of nitrogens with one attached hydrogen (secondary N) is 1. The highest BCUT2D eigenvalue weighted by molar-refractivity contribution is 14.1. The zero-order chi connectivity index (χ0) is 14.5. The second-order valence-corrected chi connectivity index (χ2v) is 5.16. The maximum absolute atomic E-state index is 11.7. The van der Waals surface area contributed by atoms with E-state index in [4.69, 9.17) is 9.15 Å². The molecule has 1 heterocycles. The summed E-state index contributed by atoms with van der Waals surface area (Å²) >= 11 is 2.11. The maximum atomic E-state index is 11.7. The smallest absolute Gasteiger partial charge is 0.342 e. The standard InChI is InChI=1S/C14H12INO4/c1-9-10(6-7-19-9)14(18)20-8-13(17)16-12-5-3-2-4-11(12)15/h2-7H,8H2,1H3,(H,16,17). The van der Waals surface area contributed by atoms with Gasteiger partial charge in [-0.05, 0) is 47.7 Å². The number of halogens is 1. The van der Waals surface area contributed by atoms with Gasteiger partial charge in [0, 0.05) is 3.57 Å². The Balaban J connectivity index is 1.89. The lowest BCUT2D eigenvalue weighted by Gasteiger charge is -2.07. The Kier molecular flexibility index (Phi) is 4.78. The second-order valence-electron chi connectivity index (χ2n) is 3.99. The van der Waals surface area contributed by atoms with Gasteiger partial charge in [0.05, 0.1) is 12.0 Å². The number of hydrogen-bond acceptors (Lipinski definition) is 4. The molecule has 0 aliphatic carbocycles. The third-order valence-electron chi connectivity index (χ3n) is 2.56. The van der Waals surface area contributed by atoms with Crippen LogP contribution in [0, 0.1) is 10.5 Å². The van der Waals surface area contributed by atoms with Crippen LogP contribution in [0.1, 0.15) is 16.1 Å². The summed E-state index contributed by atoms with van der Waals surface area (Å²) < 4.78 is 10.8.